The largest absolute Gasteiger partial charge is 0.490 e. The summed E-state index contributed by atoms with van der Waals surface area (Å²) in [5, 5.41) is 3.19. The average molecular weight is 353 g/mol. The van der Waals surface area contributed by atoms with E-state index >= 15 is 0 Å². The standard InChI is InChI=1S/C16H18BrFN2O/c1-3-6-21-16-9-15(14(19)8-13(16)18)20-11-4-5-12(17)10(2)7-11/h4-5,7-9,20H,3,6,19H2,1-2H3. The SMILES string of the molecule is CCCOc1cc(Nc2ccc(Br)c(C)c2)c(N)cc1F. The first kappa shape index (κ1) is 15.6. The van der Waals surface area contributed by atoms with Crippen molar-refractivity contribution < 1.29 is 9.13 Å². The summed E-state index contributed by atoms with van der Waals surface area (Å²) in [5.74, 6) is -0.235. The minimum absolute atomic E-state index is 0.211. The highest BCUT2D eigenvalue weighted by Crippen LogP contribution is 2.31. The maximum Gasteiger partial charge on any atom is 0.167 e. The van der Waals surface area contributed by atoms with Crippen molar-refractivity contribution in [1.29, 1.82) is 0 Å². The van der Waals surface area contributed by atoms with Gasteiger partial charge in [0.2, 0.25) is 0 Å². The zero-order chi connectivity index (χ0) is 15.4. The molecule has 112 valence electrons. The number of anilines is 3. The van der Waals surface area contributed by atoms with E-state index in [-0.39, 0.29) is 5.75 Å². The van der Waals surface area contributed by atoms with E-state index in [1.54, 1.807) is 6.07 Å². The van der Waals surface area contributed by atoms with Gasteiger partial charge in [0.15, 0.2) is 11.6 Å². The minimum atomic E-state index is -0.446. The molecule has 3 nitrogen and oxygen atoms in total. The van der Waals surface area contributed by atoms with Gasteiger partial charge in [-0.1, -0.05) is 22.9 Å². The molecule has 0 atom stereocenters. The predicted octanol–water partition coefficient (Wildman–Crippen LogP) is 5.01. The molecular formula is C16H18BrFN2O. The van der Waals surface area contributed by atoms with Gasteiger partial charge in [0.25, 0.3) is 0 Å². The van der Waals surface area contributed by atoms with E-state index in [1.165, 1.54) is 6.07 Å². The fourth-order valence-electron chi connectivity index (χ4n) is 1.88. The Kier molecular flexibility index (Phi) is 5.07. The molecule has 0 spiro atoms. The molecule has 2 aromatic rings. The molecule has 3 N–H and O–H groups in total. The zero-order valence-corrected chi connectivity index (χ0v) is 13.6. The zero-order valence-electron chi connectivity index (χ0n) is 12.0. The van der Waals surface area contributed by atoms with Crippen LogP contribution in [0.2, 0.25) is 0 Å². The number of benzene rings is 2. The van der Waals surface area contributed by atoms with Crippen LogP contribution >= 0.6 is 15.9 Å². The molecule has 21 heavy (non-hydrogen) atoms. The van der Waals surface area contributed by atoms with Gasteiger partial charge < -0.3 is 15.8 Å². The van der Waals surface area contributed by atoms with Crippen molar-refractivity contribution in [1.82, 2.24) is 0 Å². The van der Waals surface area contributed by atoms with Gasteiger partial charge in [-0.3, -0.25) is 0 Å². The second-order valence-corrected chi connectivity index (χ2v) is 5.66. The monoisotopic (exact) mass is 352 g/mol. The van der Waals surface area contributed by atoms with Crippen LogP contribution in [0.25, 0.3) is 0 Å². The first-order valence-electron chi connectivity index (χ1n) is 6.76. The molecule has 0 aromatic heterocycles. The molecule has 5 heteroatoms. The molecule has 0 aliphatic heterocycles. The second-order valence-electron chi connectivity index (χ2n) is 4.81. The van der Waals surface area contributed by atoms with Gasteiger partial charge in [-0.2, -0.15) is 0 Å². The average Bonchev–Trinajstić information content (AvgIpc) is 2.44. The van der Waals surface area contributed by atoms with E-state index < -0.39 is 5.82 Å². The van der Waals surface area contributed by atoms with Crippen LogP contribution in [0.3, 0.4) is 0 Å². The summed E-state index contributed by atoms with van der Waals surface area (Å²) in [5.41, 5.74) is 8.83. The van der Waals surface area contributed by atoms with E-state index in [2.05, 4.69) is 21.2 Å². The fraction of sp³-hybridized carbons (Fsp3) is 0.250. The van der Waals surface area contributed by atoms with Crippen LogP contribution in [0, 0.1) is 12.7 Å². The number of rotatable bonds is 5. The maximum absolute atomic E-state index is 13.8. The van der Waals surface area contributed by atoms with Crippen LogP contribution in [-0.2, 0) is 0 Å². The van der Waals surface area contributed by atoms with E-state index in [9.17, 15) is 4.39 Å². The van der Waals surface area contributed by atoms with Crippen LogP contribution in [-0.4, -0.2) is 6.61 Å². The smallest absolute Gasteiger partial charge is 0.167 e. The van der Waals surface area contributed by atoms with Crippen molar-refractivity contribution in [2.24, 2.45) is 0 Å². The highest BCUT2D eigenvalue weighted by molar-refractivity contribution is 9.10. The van der Waals surface area contributed by atoms with Gasteiger partial charge in [-0.15, -0.1) is 0 Å². The number of hydrogen-bond donors (Lipinski definition) is 2. The second kappa shape index (κ2) is 6.80. The Morgan fingerprint density at radius 3 is 2.71 bits per heavy atom. The summed E-state index contributed by atoms with van der Waals surface area (Å²) in [7, 11) is 0. The highest BCUT2D eigenvalue weighted by atomic mass is 79.9. The van der Waals surface area contributed by atoms with Crippen LogP contribution in [0.1, 0.15) is 18.9 Å². The lowest BCUT2D eigenvalue weighted by molar-refractivity contribution is 0.301. The number of halogens is 2. The summed E-state index contributed by atoms with van der Waals surface area (Å²) in [4.78, 5) is 0. The molecule has 0 saturated heterocycles. The molecular weight excluding hydrogens is 335 g/mol. The highest BCUT2D eigenvalue weighted by Gasteiger charge is 2.10. The molecule has 0 fully saturated rings. The van der Waals surface area contributed by atoms with Crippen LogP contribution in [0.5, 0.6) is 5.75 Å². The van der Waals surface area contributed by atoms with Gasteiger partial charge >= 0.3 is 0 Å². The molecule has 2 aromatic carbocycles. The van der Waals surface area contributed by atoms with E-state index in [4.69, 9.17) is 10.5 Å². The van der Waals surface area contributed by atoms with Gasteiger partial charge in [0.1, 0.15) is 0 Å². The summed E-state index contributed by atoms with van der Waals surface area (Å²) < 4.78 is 20.2. The van der Waals surface area contributed by atoms with Gasteiger partial charge in [-0.25, -0.2) is 4.39 Å². The third kappa shape index (κ3) is 3.88. The third-order valence-electron chi connectivity index (χ3n) is 3.00. The molecule has 0 unspecified atom stereocenters. The number of aryl methyl sites for hydroxylation is 1. The Morgan fingerprint density at radius 1 is 1.29 bits per heavy atom. The predicted molar refractivity (Wildman–Crippen MR) is 88.8 cm³/mol. The summed E-state index contributed by atoms with van der Waals surface area (Å²) in [6, 6.07) is 8.73. The minimum Gasteiger partial charge on any atom is -0.490 e. The Hall–Kier alpha value is -1.75. The molecule has 0 heterocycles. The van der Waals surface area contributed by atoms with Crippen molar-refractivity contribution in [3.05, 3.63) is 46.2 Å². The van der Waals surface area contributed by atoms with Crippen LogP contribution in [0.4, 0.5) is 21.5 Å². The van der Waals surface area contributed by atoms with Crippen molar-refractivity contribution in [3.8, 4) is 5.75 Å². The molecule has 0 radical (unpaired) electrons. The Balaban J connectivity index is 2.28. The van der Waals surface area contributed by atoms with Crippen molar-refractivity contribution in [2.75, 3.05) is 17.7 Å². The van der Waals surface area contributed by atoms with Crippen LogP contribution < -0.4 is 15.8 Å². The summed E-state index contributed by atoms with van der Waals surface area (Å²) in [6.45, 7) is 4.44. The quantitative estimate of drug-likeness (QED) is 0.743. The topological polar surface area (TPSA) is 47.3 Å². The molecule has 0 saturated carbocycles. The lowest BCUT2D eigenvalue weighted by Crippen LogP contribution is -2.02. The lowest BCUT2D eigenvalue weighted by Gasteiger charge is -2.13. The van der Waals surface area contributed by atoms with Crippen LogP contribution in [0.15, 0.2) is 34.8 Å². The van der Waals surface area contributed by atoms with Crippen molar-refractivity contribution in [2.45, 2.75) is 20.3 Å². The Labute approximate surface area is 132 Å². The number of nitrogens with one attached hydrogen (secondary N) is 1. The normalized spacial score (nSPS) is 10.5. The van der Waals surface area contributed by atoms with E-state index in [0.29, 0.717) is 18.0 Å². The first-order valence-corrected chi connectivity index (χ1v) is 7.55. The maximum atomic E-state index is 13.8. The molecule has 0 amide bonds. The molecule has 0 aliphatic carbocycles. The number of hydrogen-bond acceptors (Lipinski definition) is 3. The fourth-order valence-corrected chi connectivity index (χ4v) is 2.12. The van der Waals surface area contributed by atoms with Crippen molar-refractivity contribution >= 4 is 33.0 Å². The molecule has 2 rings (SSSR count). The lowest BCUT2D eigenvalue weighted by atomic mass is 10.2. The van der Waals surface area contributed by atoms with E-state index in [1.807, 2.05) is 32.0 Å². The summed E-state index contributed by atoms with van der Waals surface area (Å²) >= 11 is 3.46. The van der Waals surface area contributed by atoms with E-state index in [0.717, 1.165) is 22.1 Å². The number of ether oxygens (including phenoxy) is 1. The first-order chi connectivity index (χ1) is 10.0. The third-order valence-corrected chi connectivity index (χ3v) is 3.89. The van der Waals surface area contributed by atoms with Crippen molar-refractivity contribution in [3.63, 3.8) is 0 Å². The Bertz CT molecular complexity index is 646. The summed E-state index contributed by atoms with van der Waals surface area (Å²) in [6.07, 6.45) is 0.818. The molecule has 0 bridgehead atoms. The van der Waals surface area contributed by atoms with Gasteiger partial charge in [0.05, 0.1) is 18.0 Å². The number of nitrogen functional groups attached to an aromatic ring is 1. The molecule has 0 aliphatic rings. The van der Waals surface area contributed by atoms with Gasteiger partial charge in [-0.05, 0) is 37.1 Å². The Morgan fingerprint density at radius 2 is 2.05 bits per heavy atom. The number of nitrogens with two attached hydrogens (primary N) is 1. The van der Waals surface area contributed by atoms with Gasteiger partial charge in [0, 0.05) is 22.3 Å².